The predicted octanol–water partition coefficient (Wildman–Crippen LogP) is 4.83. The summed E-state index contributed by atoms with van der Waals surface area (Å²) in [4.78, 5) is 0. The van der Waals surface area contributed by atoms with Gasteiger partial charge >= 0.3 is 15.5 Å². The van der Waals surface area contributed by atoms with E-state index in [0.717, 1.165) is 4.34 Å². The van der Waals surface area contributed by atoms with Gasteiger partial charge in [0.15, 0.2) is 12.4 Å². The van der Waals surface area contributed by atoms with Crippen LogP contribution in [0.1, 0.15) is 0 Å². The molecule has 0 spiro atoms. The van der Waals surface area contributed by atoms with Gasteiger partial charge in [0.2, 0.25) is 8.17 Å². The lowest BCUT2D eigenvalue weighted by Crippen LogP contribution is -2.26. The third kappa shape index (κ3) is 2.45. The van der Waals surface area contributed by atoms with Crippen molar-refractivity contribution in [1.82, 2.24) is 0 Å². The van der Waals surface area contributed by atoms with Crippen LogP contribution < -0.4 is 4.34 Å². The van der Waals surface area contributed by atoms with E-state index in [1.165, 1.54) is 24.5 Å². The van der Waals surface area contributed by atoms with Crippen LogP contribution in [-0.4, -0.2) is 0 Å². The van der Waals surface area contributed by atoms with Crippen LogP contribution >= 0.6 is 23.7 Å². The van der Waals surface area contributed by atoms with Gasteiger partial charge in [-0.25, -0.2) is 0 Å². The lowest BCUT2D eigenvalue weighted by Gasteiger charge is -2.09. The lowest BCUT2D eigenvalue weighted by atomic mass is 10.5. The van der Waals surface area contributed by atoms with Crippen molar-refractivity contribution in [2.45, 2.75) is 0 Å². The smallest absolute Gasteiger partial charge is 0.186 e. The second-order valence-electron chi connectivity index (χ2n) is 2.76. The molecule has 88 valence electrons. The molecule has 0 saturated carbocycles. The first-order chi connectivity index (χ1) is 7.41. The minimum absolute atomic E-state index is 0.792. The molecule has 0 amide bonds. The summed E-state index contributed by atoms with van der Waals surface area (Å²) in [6.45, 7) is 0. The summed E-state index contributed by atoms with van der Waals surface area (Å²) in [6.07, 6.45) is 2.39. The van der Waals surface area contributed by atoms with E-state index in [1.54, 1.807) is 6.07 Å². The highest BCUT2D eigenvalue weighted by Gasteiger charge is 2.40. The third-order valence-corrected chi connectivity index (χ3v) is 7.55. The van der Waals surface area contributed by atoms with Gasteiger partial charge in [-0.2, -0.15) is 8.71 Å². The first-order valence-corrected chi connectivity index (χ1v) is 8.28. The maximum atomic E-state index is 14.1. The molecule has 2 rings (SSSR count). The average molecular weight is 291 g/mol. The molecule has 0 aromatic carbocycles. The Morgan fingerprint density at radius 2 is 1.69 bits per heavy atom. The molecule has 16 heavy (non-hydrogen) atoms. The maximum absolute atomic E-state index is 14.1. The fraction of sp³-hybridized carbons (Fsp3) is 0. The van der Waals surface area contributed by atoms with Gasteiger partial charge in [0.25, 0.3) is 0 Å². The van der Waals surface area contributed by atoms with E-state index < -0.39 is 23.7 Å². The zero-order valence-corrected chi connectivity index (χ0v) is 10.4. The van der Waals surface area contributed by atoms with Crippen molar-refractivity contribution in [1.29, 1.82) is 0 Å². The Kier molecular flexibility index (Phi) is 3.08. The molecule has 1 aliphatic rings. The molecule has 0 fully saturated rings. The van der Waals surface area contributed by atoms with Crippen LogP contribution in [0.15, 0.2) is 44.1 Å². The van der Waals surface area contributed by atoms with Crippen molar-refractivity contribution < 1.29 is 21.1 Å². The van der Waals surface area contributed by atoms with E-state index in [9.17, 15) is 16.8 Å². The fourth-order valence-electron chi connectivity index (χ4n) is 1.06. The number of rotatable bonds is 1. The van der Waals surface area contributed by atoms with Crippen molar-refractivity contribution in [2.75, 3.05) is 0 Å². The molecule has 0 N–H and O–H groups in total. The van der Waals surface area contributed by atoms with E-state index in [4.69, 9.17) is 0 Å². The summed E-state index contributed by atoms with van der Waals surface area (Å²) in [5.74, 6) is 0. The number of hydrogen-bond acceptors (Lipinski definition) is 3. The van der Waals surface area contributed by atoms with Crippen LogP contribution in [0, 0.1) is 0 Å². The number of aromatic nitrogens is 1. The maximum Gasteiger partial charge on any atom is 0.523 e. The van der Waals surface area contributed by atoms with Crippen LogP contribution in [-0.2, 0) is 0 Å². The van der Waals surface area contributed by atoms with Gasteiger partial charge in [-0.05, 0) is 0 Å². The number of halogens is 4. The lowest BCUT2D eigenvalue weighted by molar-refractivity contribution is -0.520. The monoisotopic (exact) mass is 291 g/mol. The Hall–Kier alpha value is -0.440. The molecule has 0 radical (unpaired) electrons. The molecule has 0 bridgehead atoms. The third-order valence-electron chi connectivity index (χ3n) is 1.63. The van der Waals surface area contributed by atoms with Crippen LogP contribution in [0.4, 0.5) is 16.8 Å². The largest absolute Gasteiger partial charge is 0.523 e. The Morgan fingerprint density at radius 1 is 1.06 bits per heavy atom. The minimum atomic E-state index is -5.20. The van der Waals surface area contributed by atoms with Crippen molar-refractivity contribution in [3.05, 3.63) is 30.6 Å². The van der Waals surface area contributed by atoms with E-state index in [1.807, 2.05) is 0 Å². The SMILES string of the molecule is F[PH]1=NP(F)(F)=NP(F)([n+]2ccccc2)=N1. The molecule has 4 nitrogen and oxygen atoms in total. The molecular weight excluding hydrogens is 285 g/mol. The van der Waals surface area contributed by atoms with Crippen LogP contribution in [0.25, 0.3) is 0 Å². The second kappa shape index (κ2) is 4.10. The molecular formula is C5H6F4N4P3+. The summed E-state index contributed by atoms with van der Waals surface area (Å²) < 4.78 is 61.8. The normalized spacial score (nSPS) is 32.1. The van der Waals surface area contributed by atoms with Gasteiger partial charge in [0, 0.05) is 12.1 Å². The molecule has 1 aromatic heterocycles. The summed E-state index contributed by atoms with van der Waals surface area (Å²) in [5.41, 5.74) is 0. The molecule has 0 saturated heterocycles. The van der Waals surface area contributed by atoms with Crippen molar-refractivity contribution in [3.8, 4) is 0 Å². The predicted molar refractivity (Wildman–Crippen MR) is 55.9 cm³/mol. The molecule has 1 aliphatic heterocycles. The Labute approximate surface area is 89.6 Å². The van der Waals surface area contributed by atoms with Crippen molar-refractivity contribution >= 4 is 23.7 Å². The Bertz CT molecular complexity index is 550. The number of nitrogens with zero attached hydrogens (tertiary/aromatic N) is 4. The van der Waals surface area contributed by atoms with Gasteiger partial charge in [0.1, 0.15) is 0 Å². The zero-order valence-electron chi connectivity index (χ0n) is 7.58. The first-order valence-electron chi connectivity index (χ1n) is 3.99. The van der Waals surface area contributed by atoms with Crippen LogP contribution in [0.2, 0.25) is 0 Å². The van der Waals surface area contributed by atoms with Gasteiger partial charge in [-0.3, -0.25) is 0 Å². The topological polar surface area (TPSA) is 41.0 Å². The minimum Gasteiger partial charge on any atom is -0.186 e. The van der Waals surface area contributed by atoms with Gasteiger partial charge in [-0.15, -0.1) is 21.4 Å². The summed E-state index contributed by atoms with van der Waals surface area (Å²) in [7, 11) is -13.1. The van der Waals surface area contributed by atoms with Crippen molar-refractivity contribution in [3.63, 3.8) is 0 Å². The van der Waals surface area contributed by atoms with E-state index in [-0.39, 0.29) is 0 Å². The first kappa shape index (κ1) is 12.0. The fourth-order valence-corrected chi connectivity index (χ4v) is 6.62. The van der Waals surface area contributed by atoms with Crippen LogP contribution in [0.5, 0.6) is 0 Å². The summed E-state index contributed by atoms with van der Waals surface area (Å²) >= 11 is 0. The Balaban J connectivity index is 2.66. The highest BCUT2D eigenvalue weighted by Crippen LogP contribution is 2.73. The molecule has 1 aromatic rings. The molecule has 2 atom stereocenters. The molecule has 0 aliphatic carbocycles. The van der Waals surface area contributed by atoms with Gasteiger partial charge < -0.3 is 0 Å². The quantitative estimate of drug-likeness (QED) is 0.525. The summed E-state index contributed by atoms with van der Waals surface area (Å²) in [6, 6.07) is 4.43. The highest BCUT2D eigenvalue weighted by atomic mass is 31.3. The van der Waals surface area contributed by atoms with E-state index in [2.05, 4.69) is 13.5 Å². The van der Waals surface area contributed by atoms with Gasteiger partial charge in [-0.1, -0.05) is 10.6 Å². The van der Waals surface area contributed by atoms with Crippen LogP contribution in [0.3, 0.4) is 0 Å². The Morgan fingerprint density at radius 3 is 2.25 bits per heavy atom. The standard InChI is InChI=1S/C5H6F4N4P3/c6-14-10-15(7,8)12-16(9,11-14)13-4-2-1-3-5-13/h1-5,14H/q+1. The zero-order chi connectivity index (χ0) is 11.8. The van der Waals surface area contributed by atoms with E-state index in [0.29, 0.717) is 0 Å². The number of pyridine rings is 1. The molecule has 2 unspecified atom stereocenters. The average Bonchev–Trinajstić information content (AvgIpc) is 2.15. The molecule has 11 heteroatoms. The van der Waals surface area contributed by atoms with E-state index >= 15 is 0 Å². The second-order valence-corrected chi connectivity index (χ2v) is 7.98. The summed E-state index contributed by atoms with van der Waals surface area (Å²) in [5, 5.41) is 0. The van der Waals surface area contributed by atoms with Gasteiger partial charge in [0.05, 0.1) is 0 Å². The number of hydrogen-bond donors (Lipinski definition) is 0. The molecule has 2 heterocycles. The highest BCUT2D eigenvalue weighted by molar-refractivity contribution is 7.73. The van der Waals surface area contributed by atoms with Crippen molar-refractivity contribution in [2.24, 2.45) is 13.5 Å².